The summed E-state index contributed by atoms with van der Waals surface area (Å²) in [4.78, 5) is 30.6. The van der Waals surface area contributed by atoms with E-state index in [0.29, 0.717) is 17.7 Å². The third-order valence-electron chi connectivity index (χ3n) is 9.20. The summed E-state index contributed by atoms with van der Waals surface area (Å²) < 4.78 is 0. The fraction of sp³-hybridized carbons (Fsp3) is 0.533. The molecular weight excluding hydrogens is 464 g/mol. The Bertz CT molecular complexity index is 1210. The molecule has 0 aromatic heterocycles. The number of carbonyl (C=O) groups is 2. The molecule has 4 aliphatic rings. The summed E-state index contributed by atoms with van der Waals surface area (Å²) in [6, 6.07) is 13.8. The summed E-state index contributed by atoms with van der Waals surface area (Å²) in [5.41, 5.74) is 4.68. The molecule has 37 heavy (non-hydrogen) atoms. The Kier molecular flexibility index (Phi) is 6.13. The molecule has 7 nitrogen and oxygen atoms in total. The Morgan fingerprint density at radius 3 is 2.54 bits per heavy atom. The van der Waals surface area contributed by atoms with Crippen LogP contribution in [0.25, 0.3) is 0 Å². The van der Waals surface area contributed by atoms with Crippen LogP contribution in [-0.4, -0.2) is 77.1 Å². The quantitative estimate of drug-likeness (QED) is 0.598. The molecule has 6 rings (SSSR count). The van der Waals surface area contributed by atoms with Gasteiger partial charge in [-0.2, -0.15) is 0 Å². The summed E-state index contributed by atoms with van der Waals surface area (Å²) >= 11 is 0. The van der Waals surface area contributed by atoms with Crippen LogP contribution in [0.15, 0.2) is 42.5 Å². The molecular formula is C30H38N4O3. The monoisotopic (exact) mass is 502 g/mol. The third kappa shape index (κ3) is 4.47. The maximum absolute atomic E-state index is 13.5. The van der Waals surface area contributed by atoms with Gasteiger partial charge in [0.25, 0.3) is 11.8 Å². The Morgan fingerprint density at radius 1 is 1.11 bits per heavy atom. The Labute approximate surface area is 219 Å². The molecule has 196 valence electrons. The van der Waals surface area contributed by atoms with Gasteiger partial charge in [0.2, 0.25) is 0 Å². The third-order valence-corrected chi connectivity index (χ3v) is 9.20. The molecule has 4 aliphatic heterocycles. The van der Waals surface area contributed by atoms with Crippen molar-refractivity contribution in [3.63, 3.8) is 0 Å². The molecule has 0 unspecified atom stereocenters. The lowest BCUT2D eigenvalue weighted by Gasteiger charge is -2.49. The molecule has 2 aromatic carbocycles. The molecule has 2 fully saturated rings. The van der Waals surface area contributed by atoms with Gasteiger partial charge in [-0.05, 0) is 67.1 Å². The Hall–Kier alpha value is -2.74. The normalized spacial score (nSPS) is 24.7. The van der Waals surface area contributed by atoms with E-state index in [1.807, 2.05) is 29.2 Å². The van der Waals surface area contributed by atoms with Crippen molar-refractivity contribution >= 4 is 11.8 Å². The van der Waals surface area contributed by atoms with Crippen LogP contribution in [0.4, 0.5) is 0 Å². The zero-order chi connectivity index (χ0) is 25.8. The fourth-order valence-electron chi connectivity index (χ4n) is 6.71. The molecule has 3 N–H and O–H groups in total. The number of nitrogens with one attached hydrogen (secondary N) is 2. The van der Waals surface area contributed by atoms with Crippen molar-refractivity contribution in [3.05, 3.63) is 70.3 Å². The van der Waals surface area contributed by atoms with Crippen LogP contribution >= 0.6 is 0 Å². The van der Waals surface area contributed by atoms with Gasteiger partial charge in [-0.1, -0.05) is 38.1 Å². The standard InChI is InChI=1S/C30H38N4O3/c1-29(2)19-34(18-26(35)25-16-20-5-3-4-6-22(20)17-31-25)28(37)23-8-7-21(15-24(23)29)27(36)33-13-10-30(11-14-33)9-12-32-30/h3-8,15,25-26,31-32,35H,9-14,16-19H2,1-2H3/t25-,26-/m0/s1. The highest BCUT2D eigenvalue weighted by Gasteiger charge is 2.41. The van der Waals surface area contributed by atoms with Gasteiger partial charge in [0.1, 0.15) is 0 Å². The van der Waals surface area contributed by atoms with Crippen molar-refractivity contribution in [2.75, 3.05) is 32.7 Å². The lowest BCUT2D eigenvalue weighted by atomic mass is 9.76. The van der Waals surface area contributed by atoms with Crippen molar-refractivity contribution in [2.45, 2.75) is 69.2 Å². The number of likely N-dealkylation sites (tertiary alicyclic amines) is 1. The second-order valence-corrected chi connectivity index (χ2v) is 12.1. The number of aliphatic hydroxyl groups is 1. The van der Waals surface area contributed by atoms with E-state index in [1.54, 1.807) is 11.0 Å². The van der Waals surface area contributed by atoms with Crippen LogP contribution in [0, 0.1) is 0 Å². The van der Waals surface area contributed by atoms with Gasteiger partial charge in [0.05, 0.1) is 6.10 Å². The van der Waals surface area contributed by atoms with E-state index in [0.717, 1.165) is 51.0 Å². The fourth-order valence-corrected chi connectivity index (χ4v) is 6.71. The molecule has 2 saturated heterocycles. The topological polar surface area (TPSA) is 84.9 Å². The van der Waals surface area contributed by atoms with Crippen LogP contribution in [0.3, 0.4) is 0 Å². The lowest BCUT2D eigenvalue weighted by molar-refractivity contribution is 0.0443. The van der Waals surface area contributed by atoms with E-state index in [2.05, 4.69) is 36.6 Å². The van der Waals surface area contributed by atoms with Gasteiger partial charge >= 0.3 is 0 Å². The lowest BCUT2D eigenvalue weighted by Crippen LogP contribution is -2.62. The van der Waals surface area contributed by atoms with Gasteiger partial charge in [-0.15, -0.1) is 0 Å². The maximum Gasteiger partial charge on any atom is 0.254 e. The van der Waals surface area contributed by atoms with Crippen LogP contribution in [0.2, 0.25) is 0 Å². The first kappa shape index (κ1) is 24.6. The number of benzene rings is 2. The smallest absolute Gasteiger partial charge is 0.254 e. The number of rotatable bonds is 4. The first-order valence-corrected chi connectivity index (χ1v) is 13.7. The van der Waals surface area contributed by atoms with Crippen LogP contribution < -0.4 is 10.6 Å². The minimum absolute atomic E-state index is 0.0572. The summed E-state index contributed by atoms with van der Waals surface area (Å²) in [5.74, 6) is -0.0127. The number of carbonyl (C=O) groups excluding carboxylic acids is 2. The minimum atomic E-state index is -0.664. The predicted molar refractivity (Wildman–Crippen MR) is 143 cm³/mol. The first-order chi connectivity index (χ1) is 17.7. The van der Waals surface area contributed by atoms with Gasteiger partial charge in [-0.25, -0.2) is 0 Å². The van der Waals surface area contributed by atoms with Crippen molar-refractivity contribution in [1.82, 2.24) is 20.4 Å². The molecule has 0 aliphatic carbocycles. The predicted octanol–water partition coefficient (Wildman–Crippen LogP) is 2.46. The number of fused-ring (bicyclic) bond motifs is 2. The first-order valence-electron chi connectivity index (χ1n) is 13.7. The maximum atomic E-state index is 13.5. The average molecular weight is 503 g/mol. The largest absolute Gasteiger partial charge is 0.390 e. The second kappa shape index (κ2) is 9.22. The summed E-state index contributed by atoms with van der Waals surface area (Å²) in [6.07, 6.45) is 3.31. The van der Waals surface area contributed by atoms with E-state index in [1.165, 1.54) is 17.5 Å². The van der Waals surface area contributed by atoms with Gasteiger partial charge in [0, 0.05) is 60.8 Å². The number of nitrogens with zero attached hydrogens (tertiary/aromatic N) is 2. The van der Waals surface area contributed by atoms with Gasteiger partial charge < -0.3 is 25.5 Å². The average Bonchev–Trinajstić information content (AvgIpc) is 2.89. The Balaban J connectivity index is 1.15. The molecule has 2 amide bonds. The van der Waals surface area contributed by atoms with Crippen LogP contribution in [0.5, 0.6) is 0 Å². The highest BCUT2D eigenvalue weighted by molar-refractivity contribution is 6.00. The van der Waals surface area contributed by atoms with Crippen LogP contribution in [0.1, 0.15) is 70.5 Å². The molecule has 7 heteroatoms. The van der Waals surface area contributed by atoms with E-state index < -0.39 is 6.10 Å². The number of aliphatic hydroxyl groups excluding tert-OH is 1. The van der Waals surface area contributed by atoms with Crippen molar-refractivity contribution in [2.24, 2.45) is 0 Å². The molecule has 2 aromatic rings. The van der Waals surface area contributed by atoms with Gasteiger partial charge in [0.15, 0.2) is 0 Å². The summed E-state index contributed by atoms with van der Waals surface area (Å²) in [6.45, 7) is 8.39. The molecule has 0 saturated carbocycles. The zero-order valence-corrected chi connectivity index (χ0v) is 21.9. The second-order valence-electron chi connectivity index (χ2n) is 12.1. The number of piperidine rings is 1. The van der Waals surface area contributed by atoms with Crippen LogP contribution in [-0.2, 0) is 18.4 Å². The minimum Gasteiger partial charge on any atom is -0.390 e. The molecule has 4 heterocycles. The van der Waals surface area contributed by atoms with E-state index in [4.69, 9.17) is 0 Å². The zero-order valence-electron chi connectivity index (χ0n) is 21.9. The highest BCUT2D eigenvalue weighted by Crippen LogP contribution is 2.36. The number of β-amino-alcohol motifs (C(OH)–C–C–N with tert-alkyl or cyclic N) is 1. The highest BCUT2D eigenvalue weighted by atomic mass is 16.3. The SMILES string of the molecule is CC1(C)CN(C[C@H](O)[C@@H]2Cc3ccccc3CN2)C(=O)c2ccc(C(=O)N3CCC4(CCN4)CC3)cc21. The van der Waals surface area contributed by atoms with E-state index >= 15 is 0 Å². The number of amides is 2. The van der Waals surface area contributed by atoms with Crippen molar-refractivity contribution in [3.8, 4) is 0 Å². The van der Waals surface area contributed by atoms with E-state index in [-0.39, 0.29) is 35.4 Å². The molecule has 2 atom stereocenters. The molecule has 0 radical (unpaired) electrons. The molecule has 0 bridgehead atoms. The summed E-state index contributed by atoms with van der Waals surface area (Å²) in [7, 11) is 0. The number of hydrogen-bond acceptors (Lipinski definition) is 5. The Morgan fingerprint density at radius 2 is 1.84 bits per heavy atom. The summed E-state index contributed by atoms with van der Waals surface area (Å²) in [5, 5.41) is 18.1. The van der Waals surface area contributed by atoms with Crippen molar-refractivity contribution in [1.29, 1.82) is 0 Å². The number of hydrogen-bond donors (Lipinski definition) is 3. The van der Waals surface area contributed by atoms with Crippen molar-refractivity contribution < 1.29 is 14.7 Å². The molecule has 1 spiro atoms. The van der Waals surface area contributed by atoms with Gasteiger partial charge in [-0.3, -0.25) is 9.59 Å². The van der Waals surface area contributed by atoms with E-state index in [9.17, 15) is 14.7 Å².